The summed E-state index contributed by atoms with van der Waals surface area (Å²) in [7, 11) is 1.25. The number of hydrogen-bond acceptors (Lipinski definition) is 5. The van der Waals surface area contributed by atoms with Gasteiger partial charge in [-0.05, 0) is 36.3 Å². The molecule has 0 aromatic heterocycles. The Bertz CT molecular complexity index is 832. The average Bonchev–Trinajstić information content (AvgIpc) is 2.60. The molecule has 0 bridgehead atoms. The van der Waals surface area contributed by atoms with Crippen LogP contribution in [0.5, 0.6) is 5.75 Å². The topological polar surface area (TPSA) is 78.7 Å². The van der Waals surface area contributed by atoms with Gasteiger partial charge in [0.15, 0.2) is 5.75 Å². The van der Waals surface area contributed by atoms with Gasteiger partial charge in [-0.3, -0.25) is 10.1 Å². The predicted molar refractivity (Wildman–Crippen MR) is 94.8 cm³/mol. The molecule has 0 saturated heterocycles. The number of carbonyl (C=O) groups is 1. The fourth-order valence-corrected chi connectivity index (χ4v) is 2.31. The number of aryl methyl sites for hydroxylation is 1. The molecule has 25 heavy (non-hydrogen) atoms. The first-order chi connectivity index (χ1) is 11.9. The van der Waals surface area contributed by atoms with E-state index >= 15 is 0 Å². The predicted octanol–water partition coefficient (Wildman–Crippen LogP) is 4.19. The molecule has 0 heterocycles. The zero-order valence-corrected chi connectivity index (χ0v) is 14.4. The van der Waals surface area contributed by atoms with E-state index in [0.717, 1.165) is 5.56 Å². The summed E-state index contributed by atoms with van der Waals surface area (Å²) < 4.78 is 10.2. The first-order valence-electron chi connectivity index (χ1n) is 7.33. The Morgan fingerprint density at radius 1 is 1.28 bits per heavy atom. The number of ether oxygens (including phenoxy) is 2. The molecule has 130 valence electrons. The maximum absolute atomic E-state index is 12.0. The molecule has 7 heteroatoms. The van der Waals surface area contributed by atoms with Gasteiger partial charge in [0.25, 0.3) is 0 Å². The maximum Gasteiger partial charge on any atom is 0.337 e. The van der Waals surface area contributed by atoms with Crippen LogP contribution in [0.2, 0.25) is 5.02 Å². The lowest BCUT2D eigenvalue weighted by Crippen LogP contribution is -2.13. The van der Waals surface area contributed by atoms with Gasteiger partial charge >= 0.3 is 11.7 Å². The van der Waals surface area contributed by atoms with Crippen molar-refractivity contribution in [1.29, 1.82) is 0 Å². The Labute approximate surface area is 149 Å². The first-order valence-corrected chi connectivity index (χ1v) is 7.71. The van der Waals surface area contributed by atoms with Gasteiger partial charge < -0.3 is 9.47 Å². The van der Waals surface area contributed by atoms with Crippen LogP contribution in [0.25, 0.3) is 6.08 Å². The molecule has 2 aromatic rings. The van der Waals surface area contributed by atoms with Gasteiger partial charge in [0, 0.05) is 11.1 Å². The highest BCUT2D eigenvalue weighted by molar-refractivity contribution is 6.32. The van der Waals surface area contributed by atoms with E-state index in [-0.39, 0.29) is 23.6 Å². The average molecular weight is 362 g/mol. The van der Waals surface area contributed by atoms with E-state index in [0.29, 0.717) is 10.6 Å². The zero-order chi connectivity index (χ0) is 18.4. The third-order valence-corrected chi connectivity index (χ3v) is 3.72. The lowest BCUT2D eigenvalue weighted by atomic mass is 10.1. The molecule has 0 unspecified atom stereocenters. The van der Waals surface area contributed by atoms with E-state index in [2.05, 4.69) is 0 Å². The number of rotatable bonds is 6. The SMILES string of the molecule is COC(=O)/C(=C/c1ccccc1Cl)COc1ccc(C)cc1[N+](=O)[O-]. The van der Waals surface area contributed by atoms with Crippen LogP contribution >= 0.6 is 11.6 Å². The number of methoxy groups -OCH3 is 1. The van der Waals surface area contributed by atoms with Crippen molar-refractivity contribution in [3.05, 3.63) is 74.3 Å². The molecule has 0 saturated carbocycles. The van der Waals surface area contributed by atoms with Crippen molar-refractivity contribution >= 4 is 29.3 Å². The molecule has 0 aliphatic carbocycles. The summed E-state index contributed by atoms with van der Waals surface area (Å²) in [5.74, 6) is -0.528. The summed E-state index contributed by atoms with van der Waals surface area (Å²) in [5.41, 5.74) is 1.37. The van der Waals surface area contributed by atoms with E-state index in [1.54, 1.807) is 37.3 Å². The third-order valence-electron chi connectivity index (χ3n) is 3.38. The second-order valence-electron chi connectivity index (χ2n) is 5.20. The molecular formula is C18H16ClNO5. The molecular weight excluding hydrogens is 346 g/mol. The fraction of sp³-hybridized carbons (Fsp3) is 0.167. The van der Waals surface area contributed by atoms with E-state index in [1.807, 2.05) is 0 Å². The highest BCUT2D eigenvalue weighted by atomic mass is 35.5. The van der Waals surface area contributed by atoms with Crippen LogP contribution in [-0.4, -0.2) is 24.6 Å². The molecule has 2 aromatic carbocycles. The summed E-state index contributed by atoms with van der Waals surface area (Å²) in [4.78, 5) is 22.6. The minimum atomic E-state index is -0.602. The van der Waals surface area contributed by atoms with Gasteiger partial charge in [-0.15, -0.1) is 0 Å². The Morgan fingerprint density at radius 2 is 2.00 bits per heavy atom. The maximum atomic E-state index is 12.0. The van der Waals surface area contributed by atoms with Crippen LogP contribution in [0, 0.1) is 17.0 Å². The van der Waals surface area contributed by atoms with Crippen molar-refractivity contribution in [2.24, 2.45) is 0 Å². The third kappa shape index (κ3) is 4.81. The van der Waals surface area contributed by atoms with Gasteiger partial charge in [-0.2, -0.15) is 0 Å². The Balaban J connectivity index is 2.29. The molecule has 0 N–H and O–H groups in total. The molecule has 0 aliphatic heterocycles. The van der Waals surface area contributed by atoms with E-state index in [9.17, 15) is 14.9 Å². The van der Waals surface area contributed by atoms with Crippen LogP contribution in [-0.2, 0) is 9.53 Å². The number of nitrogens with zero attached hydrogens (tertiary/aromatic N) is 1. The van der Waals surface area contributed by atoms with Crippen molar-refractivity contribution in [2.75, 3.05) is 13.7 Å². The molecule has 0 fully saturated rings. The Hall–Kier alpha value is -2.86. The van der Waals surface area contributed by atoms with Gasteiger partial charge in [0.05, 0.1) is 17.6 Å². The summed E-state index contributed by atoms with van der Waals surface area (Å²) >= 11 is 6.09. The monoisotopic (exact) mass is 361 g/mol. The standard InChI is InChI=1S/C18H16ClNO5/c1-12-7-8-17(16(9-12)20(22)23)25-11-14(18(21)24-2)10-13-5-3-4-6-15(13)19/h3-10H,11H2,1-2H3/b14-10+. The molecule has 0 amide bonds. The van der Waals surface area contributed by atoms with Crippen molar-refractivity contribution in [3.63, 3.8) is 0 Å². The molecule has 0 spiro atoms. The highest BCUT2D eigenvalue weighted by Crippen LogP contribution is 2.28. The van der Waals surface area contributed by atoms with Crippen LogP contribution in [0.1, 0.15) is 11.1 Å². The van der Waals surface area contributed by atoms with Crippen LogP contribution in [0.15, 0.2) is 48.0 Å². The molecule has 2 rings (SSSR count). The quantitative estimate of drug-likeness (QED) is 0.333. The molecule has 0 aliphatic rings. The van der Waals surface area contributed by atoms with Crippen LogP contribution in [0.3, 0.4) is 0 Å². The Kier molecular flexibility index (Phi) is 6.14. The lowest BCUT2D eigenvalue weighted by Gasteiger charge is -2.10. The number of nitro benzene ring substituents is 1. The second-order valence-corrected chi connectivity index (χ2v) is 5.61. The lowest BCUT2D eigenvalue weighted by molar-refractivity contribution is -0.385. The number of esters is 1. The van der Waals surface area contributed by atoms with Gasteiger partial charge in [0.2, 0.25) is 0 Å². The normalized spacial score (nSPS) is 11.1. The van der Waals surface area contributed by atoms with E-state index in [4.69, 9.17) is 21.1 Å². The van der Waals surface area contributed by atoms with Gasteiger partial charge in [0.1, 0.15) is 6.61 Å². The number of nitro groups is 1. The number of carbonyl (C=O) groups excluding carboxylic acids is 1. The zero-order valence-electron chi connectivity index (χ0n) is 13.7. The molecule has 0 radical (unpaired) electrons. The van der Waals surface area contributed by atoms with E-state index in [1.165, 1.54) is 25.3 Å². The fourth-order valence-electron chi connectivity index (χ4n) is 2.12. The summed E-state index contributed by atoms with van der Waals surface area (Å²) in [5, 5.41) is 11.6. The smallest absolute Gasteiger partial charge is 0.337 e. The van der Waals surface area contributed by atoms with Gasteiger partial charge in [-0.1, -0.05) is 35.9 Å². The van der Waals surface area contributed by atoms with Crippen molar-refractivity contribution in [2.45, 2.75) is 6.92 Å². The van der Waals surface area contributed by atoms with Crippen molar-refractivity contribution in [1.82, 2.24) is 0 Å². The Morgan fingerprint density at radius 3 is 2.64 bits per heavy atom. The molecule has 6 nitrogen and oxygen atoms in total. The largest absolute Gasteiger partial charge is 0.482 e. The number of halogens is 1. The van der Waals surface area contributed by atoms with Crippen LogP contribution in [0.4, 0.5) is 5.69 Å². The van der Waals surface area contributed by atoms with Crippen molar-refractivity contribution < 1.29 is 19.2 Å². The highest BCUT2D eigenvalue weighted by Gasteiger charge is 2.18. The molecule has 0 atom stereocenters. The number of benzene rings is 2. The van der Waals surface area contributed by atoms with Gasteiger partial charge in [-0.25, -0.2) is 4.79 Å². The summed E-state index contributed by atoms with van der Waals surface area (Å²) in [6.45, 7) is 1.55. The van der Waals surface area contributed by atoms with Crippen molar-refractivity contribution in [3.8, 4) is 5.75 Å². The first kappa shape index (κ1) is 18.5. The van der Waals surface area contributed by atoms with Crippen LogP contribution < -0.4 is 4.74 Å². The second kappa shape index (κ2) is 8.30. The minimum Gasteiger partial charge on any atom is -0.482 e. The summed E-state index contributed by atoms with van der Waals surface area (Å²) in [6, 6.07) is 11.6. The van der Waals surface area contributed by atoms with E-state index < -0.39 is 10.9 Å². The number of hydrogen-bond donors (Lipinski definition) is 0. The minimum absolute atomic E-state index is 0.0737. The summed E-state index contributed by atoms with van der Waals surface area (Å²) in [6.07, 6.45) is 1.54.